The highest BCUT2D eigenvalue weighted by molar-refractivity contribution is 6.35. The highest BCUT2D eigenvalue weighted by Crippen LogP contribution is 2.47. The summed E-state index contributed by atoms with van der Waals surface area (Å²) in [4.78, 5) is 12.9. The maximum absolute atomic E-state index is 12.9. The summed E-state index contributed by atoms with van der Waals surface area (Å²) >= 11 is 12.5. The zero-order valence-electron chi connectivity index (χ0n) is 14.8. The summed E-state index contributed by atoms with van der Waals surface area (Å²) < 4.78 is 0. The molecular weight excluding hydrogens is 365 g/mol. The van der Waals surface area contributed by atoms with Crippen molar-refractivity contribution < 1.29 is 4.79 Å². The first kappa shape index (κ1) is 18.1. The van der Waals surface area contributed by atoms with Crippen molar-refractivity contribution in [3.63, 3.8) is 0 Å². The van der Waals surface area contributed by atoms with Gasteiger partial charge in [-0.15, -0.1) is 0 Å². The third-order valence-electron chi connectivity index (χ3n) is 5.12. The van der Waals surface area contributed by atoms with Gasteiger partial charge in [0.15, 0.2) is 5.78 Å². The summed E-state index contributed by atoms with van der Waals surface area (Å²) in [7, 11) is 0. The average Bonchev–Trinajstić information content (AvgIpc) is 3.06. The fraction of sp³-hybridized carbons (Fsp3) is 0.273. The number of carbonyl (C=O) groups is 1. The number of hydrogen-bond donors (Lipinski definition) is 1. The van der Waals surface area contributed by atoms with E-state index in [0.717, 1.165) is 34.9 Å². The maximum atomic E-state index is 12.9. The number of carbonyl (C=O) groups excluding carboxylic acids is 1. The van der Waals surface area contributed by atoms with Crippen LogP contribution in [-0.4, -0.2) is 5.78 Å². The molecule has 5 radical (unpaired) electrons. The summed E-state index contributed by atoms with van der Waals surface area (Å²) in [6, 6.07) is 5.51. The molecule has 0 saturated heterocycles. The fourth-order valence-corrected chi connectivity index (χ4v) is 4.50. The molecule has 1 saturated carbocycles. The lowest BCUT2D eigenvalue weighted by Crippen LogP contribution is -2.37. The molecule has 2 aliphatic carbocycles. The summed E-state index contributed by atoms with van der Waals surface area (Å²) in [5, 5.41) is 4.71. The third-order valence-corrected chi connectivity index (χ3v) is 5.67. The molecule has 1 aromatic carbocycles. The second kappa shape index (κ2) is 6.73. The van der Waals surface area contributed by atoms with E-state index in [1.54, 1.807) is 6.07 Å². The predicted octanol–water partition coefficient (Wildman–Crippen LogP) is 5.60. The zero-order chi connectivity index (χ0) is 18.5. The Kier molecular flexibility index (Phi) is 4.69. The summed E-state index contributed by atoms with van der Waals surface area (Å²) in [5.41, 5.74) is 3.69. The smallest absolute Gasteiger partial charge is 0.161 e. The van der Waals surface area contributed by atoms with Gasteiger partial charge in [-0.3, -0.25) is 4.79 Å². The number of rotatable bonds is 2. The largest absolute Gasteiger partial charge is 0.358 e. The number of benzene rings is 1. The van der Waals surface area contributed by atoms with Crippen LogP contribution >= 0.6 is 23.2 Å². The molecule has 133 valence electrons. The number of halogens is 2. The van der Waals surface area contributed by atoms with Gasteiger partial charge in [0.2, 0.25) is 0 Å². The quantitative estimate of drug-likeness (QED) is 0.718. The minimum absolute atomic E-state index is 0.0494. The first-order chi connectivity index (χ1) is 12.3. The molecule has 4 heteroatoms. The molecule has 1 aromatic rings. The van der Waals surface area contributed by atoms with E-state index < -0.39 is 0 Å². The Labute approximate surface area is 165 Å². The van der Waals surface area contributed by atoms with Crippen LogP contribution in [0.4, 0.5) is 0 Å². The minimum atomic E-state index is -0.0499. The van der Waals surface area contributed by atoms with Crippen molar-refractivity contribution in [1.82, 2.24) is 5.32 Å². The second-order valence-corrected chi connectivity index (χ2v) is 8.70. The number of Topliss-reactive ketones (excluding diaryl/α,β-unsaturated/α-hetero) is 1. The Hall–Kier alpha value is -1.25. The van der Waals surface area contributed by atoms with Gasteiger partial charge in [-0.05, 0) is 61.6 Å². The average molecular weight is 385 g/mol. The summed E-state index contributed by atoms with van der Waals surface area (Å²) in [5.74, 6) is 1.31. The third kappa shape index (κ3) is 3.34. The van der Waals surface area contributed by atoms with Crippen molar-refractivity contribution in [3.8, 4) is 0 Å². The highest BCUT2D eigenvalue weighted by Gasteiger charge is 2.41. The Bertz CT molecular complexity index is 815. The van der Waals surface area contributed by atoms with Crippen molar-refractivity contribution >= 4 is 34.7 Å². The van der Waals surface area contributed by atoms with Crippen LogP contribution in [0.15, 0.2) is 35.5 Å². The van der Waals surface area contributed by atoms with Crippen LogP contribution in [0.25, 0.3) is 5.70 Å². The molecule has 2 nitrogen and oxygen atoms in total. The van der Waals surface area contributed by atoms with Gasteiger partial charge in [-0.2, -0.15) is 0 Å². The number of allylic oxidation sites excluding steroid dienone is 3. The summed E-state index contributed by atoms with van der Waals surface area (Å²) in [6.07, 6.45) is 11.7. The number of ketones is 1. The van der Waals surface area contributed by atoms with Crippen LogP contribution in [0.1, 0.15) is 32.3 Å². The molecule has 0 amide bonds. The molecule has 1 aliphatic heterocycles. The van der Waals surface area contributed by atoms with Crippen molar-refractivity contribution in [3.05, 3.63) is 82.8 Å². The van der Waals surface area contributed by atoms with E-state index in [2.05, 4.69) is 38.1 Å². The first-order valence-corrected chi connectivity index (χ1v) is 9.52. The lowest BCUT2D eigenvalue weighted by Gasteiger charge is -2.39. The van der Waals surface area contributed by atoms with Crippen LogP contribution in [-0.2, 0) is 4.79 Å². The molecule has 0 bridgehead atoms. The molecular formula is C22H20Cl2NO. The molecule has 0 spiro atoms. The van der Waals surface area contributed by atoms with E-state index >= 15 is 0 Å². The summed E-state index contributed by atoms with van der Waals surface area (Å²) in [6.45, 7) is 4.28. The Balaban J connectivity index is 1.78. The standard InChI is InChI=1S/C22H20Cl2NO/c1-22(2)11-19-21(20(26)12-22)16(13-5-3-4-6-13)10-18(25-19)15-8-7-14(23)9-17(15)24/h3-10,16,25H,11-12H2,1-2H3. The normalized spacial score (nSPS) is 25.8. The Morgan fingerprint density at radius 1 is 1.12 bits per heavy atom. The number of dihydropyridines is 1. The fourth-order valence-electron chi connectivity index (χ4n) is 3.99. The molecule has 1 heterocycles. The van der Waals surface area contributed by atoms with Gasteiger partial charge < -0.3 is 5.32 Å². The van der Waals surface area contributed by atoms with Crippen LogP contribution in [0.3, 0.4) is 0 Å². The molecule has 1 N–H and O–H groups in total. The monoisotopic (exact) mass is 384 g/mol. The number of hydrogen-bond acceptors (Lipinski definition) is 2. The van der Waals surface area contributed by atoms with Crippen LogP contribution < -0.4 is 5.32 Å². The molecule has 1 atom stereocenters. The van der Waals surface area contributed by atoms with Gasteiger partial charge in [-0.1, -0.05) is 43.1 Å². The Morgan fingerprint density at radius 3 is 2.54 bits per heavy atom. The highest BCUT2D eigenvalue weighted by atomic mass is 35.5. The predicted molar refractivity (Wildman–Crippen MR) is 107 cm³/mol. The van der Waals surface area contributed by atoms with Crippen LogP contribution in [0.2, 0.25) is 10.0 Å². The van der Waals surface area contributed by atoms with Crippen LogP contribution in [0.5, 0.6) is 0 Å². The second-order valence-electron chi connectivity index (χ2n) is 7.86. The van der Waals surface area contributed by atoms with Gasteiger partial charge in [-0.25, -0.2) is 0 Å². The SMILES string of the molecule is CC1(C)CC(=O)C2=C(C1)NC(c1ccc(Cl)cc1Cl)=CC2[C]1[CH][CH][CH][CH]1. The van der Waals surface area contributed by atoms with E-state index in [0.29, 0.717) is 16.5 Å². The van der Waals surface area contributed by atoms with E-state index in [1.807, 2.05) is 25.0 Å². The van der Waals surface area contributed by atoms with Gasteiger partial charge in [0.25, 0.3) is 0 Å². The molecule has 1 unspecified atom stereocenters. The maximum Gasteiger partial charge on any atom is 0.161 e. The van der Waals surface area contributed by atoms with Crippen molar-refractivity contribution in [2.45, 2.75) is 26.7 Å². The van der Waals surface area contributed by atoms with E-state index in [1.165, 1.54) is 0 Å². The van der Waals surface area contributed by atoms with Gasteiger partial charge >= 0.3 is 0 Å². The van der Waals surface area contributed by atoms with Crippen molar-refractivity contribution in [2.24, 2.45) is 11.3 Å². The van der Waals surface area contributed by atoms with E-state index in [4.69, 9.17) is 23.2 Å². The lowest BCUT2D eigenvalue weighted by molar-refractivity contribution is -0.118. The first-order valence-electron chi connectivity index (χ1n) is 8.76. The molecule has 26 heavy (non-hydrogen) atoms. The van der Waals surface area contributed by atoms with E-state index in [9.17, 15) is 4.79 Å². The minimum Gasteiger partial charge on any atom is -0.358 e. The molecule has 0 aromatic heterocycles. The lowest BCUT2D eigenvalue weighted by atomic mass is 9.69. The zero-order valence-corrected chi connectivity index (χ0v) is 16.3. The molecule has 3 aliphatic rings. The van der Waals surface area contributed by atoms with Gasteiger partial charge in [0.05, 0.1) is 5.02 Å². The van der Waals surface area contributed by atoms with Crippen molar-refractivity contribution in [1.29, 1.82) is 0 Å². The van der Waals surface area contributed by atoms with Crippen LogP contribution in [0, 0.1) is 42.9 Å². The van der Waals surface area contributed by atoms with Gasteiger partial charge in [0.1, 0.15) is 0 Å². The van der Waals surface area contributed by atoms with Gasteiger partial charge in [0, 0.05) is 39.9 Å². The molecule has 1 fully saturated rings. The van der Waals surface area contributed by atoms with E-state index in [-0.39, 0.29) is 17.1 Å². The number of nitrogens with one attached hydrogen (secondary N) is 1. The molecule has 4 rings (SSSR count). The Morgan fingerprint density at radius 2 is 1.85 bits per heavy atom. The topological polar surface area (TPSA) is 29.1 Å². The van der Waals surface area contributed by atoms with Crippen molar-refractivity contribution in [2.75, 3.05) is 0 Å².